The van der Waals surface area contributed by atoms with Crippen LogP contribution in [0.4, 0.5) is 11.5 Å². The highest BCUT2D eigenvalue weighted by Gasteiger charge is 2.30. The zero-order valence-electron chi connectivity index (χ0n) is 16.9. The Hall–Kier alpha value is -2.23. The quantitative estimate of drug-likeness (QED) is 0.745. The van der Waals surface area contributed by atoms with Crippen LogP contribution in [-0.4, -0.2) is 75.4 Å². The molecule has 8 nitrogen and oxygen atoms in total. The van der Waals surface area contributed by atoms with E-state index in [0.29, 0.717) is 44.3 Å². The smallest absolute Gasteiger partial charge is 0.243 e. The van der Waals surface area contributed by atoms with Crippen LogP contribution >= 0.6 is 0 Å². The summed E-state index contributed by atoms with van der Waals surface area (Å²) >= 11 is 0. The Bertz CT molecular complexity index is 968. The number of hydrogen-bond acceptors (Lipinski definition) is 7. The largest absolute Gasteiger partial charge is 0.378 e. The fourth-order valence-corrected chi connectivity index (χ4v) is 5.51. The molecule has 2 aromatic rings. The first-order chi connectivity index (χ1) is 13.9. The molecule has 2 aliphatic heterocycles. The highest BCUT2D eigenvalue weighted by atomic mass is 32.2. The van der Waals surface area contributed by atoms with Gasteiger partial charge in [-0.05, 0) is 31.0 Å². The second kappa shape index (κ2) is 8.25. The minimum absolute atomic E-state index is 0.403. The van der Waals surface area contributed by atoms with Crippen LogP contribution in [0.3, 0.4) is 0 Å². The first kappa shape index (κ1) is 20.1. The monoisotopic (exact) mass is 417 g/mol. The zero-order valence-corrected chi connectivity index (χ0v) is 17.7. The second-order valence-corrected chi connectivity index (χ2v) is 9.44. The molecule has 0 bridgehead atoms. The lowest BCUT2D eigenvalue weighted by molar-refractivity contribution is 0.122. The molecule has 0 unspecified atom stereocenters. The van der Waals surface area contributed by atoms with Gasteiger partial charge in [-0.1, -0.05) is 12.1 Å². The number of nitrogens with zero attached hydrogens (tertiary/aromatic N) is 5. The van der Waals surface area contributed by atoms with Crippen molar-refractivity contribution in [1.82, 2.24) is 14.5 Å². The Balaban J connectivity index is 1.46. The number of aromatic nitrogens is 2. The molecular formula is C20H27N5O3S. The Morgan fingerprint density at radius 3 is 2.38 bits per heavy atom. The molecule has 156 valence electrons. The maximum Gasteiger partial charge on any atom is 0.243 e. The average Bonchev–Trinajstić information content (AvgIpc) is 2.76. The first-order valence-electron chi connectivity index (χ1n) is 9.93. The van der Waals surface area contributed by atoms with Crippen molar-refractivity contribution in [2.24, 2.45) is 0 Å². The third kappa shape index (κ3) is 4.22. The van der Waals surface area contributed by atoms with Crippen LogP contribution in [0.15, 0.2) is 35.4 Å². The van der Waals surface area contributed by atoms with Gasteiger partial charge in [-0.2, -0.15) is 9.40 Å². The molecule has 1 aromatic carbocycles. The lowest BCUT2D eigenvalue weighted by atomic mass is 10.2. The summed E-state index contributed by atoms with van der Waals surface area (Å²) in [5, 5.41) is 8.44. The van der Waals surface area contributed by atoms with Gasteiger partial charge in [0.1, 0.15) is 0 Å². The molecule has 0 spiro atoms. The summed E-state index contributed by atoms with van der Waals surface area (Å²) in [5.41, 5.74) is 2.76. The van der Waals surface area contributed by atoms with Crippen LogP contribution in [0.25, 0.3) is 0 Å². The summed E-state index contributed by atoms with van der Waals surface area (Å²) in [7, 11) is -3.50. The molecule has 0 atom stereocenters. The van der Waals surface area contributed by atoms with E-state index in [1.54, 1.807) is 16.6 Å². The van der Waals surface area contributed by atoms with Gasteiger partial charge in [-0.25, -0.2) is 8.42 Å². The van der Waals surface area contributed by atoms with Gasteiger partial charge in [0.25, 0.3) is 0 Å². The van der Waals surface area contributed by atoms with Gasteiger partial charge >= 0.3 is 0 Å². The molecule has 0 radical (unpaired) electrons. The summed E-state index contributed by atoms with van der Waals surface area (Å²) in [6.45, 7) is 8.90. The molecule has 0 aliphatic carbocycles. The fraction of sp³-hybridized carbons (Fsp3) is 0.500. The third-order valence-electron chi connectivity index (χ3n) is 5.53. The molecule has 0 amide bonds. The van der Waals surface area contributed by atoms with Crippen molar-refractivity contribution in [3.05, 3.63) is 41.6 Å². The van der Waals surface area contributed by atoms with Crippen molar-refractivity contribution in [2.45, 2.75) is 18.7 Å². The highest BCUT2D eigenvalue weighted by Crippen LogP contribution is 2.25. The number of aryl methyl sites for hydroxylation is 2. The van der Waals surface area contributed by atoms with Gasteiger partial charge in [0.2, 0.25) is 10.0 Å². The van der Waals surface area contributed by atoms with Crippen molar-refractivity contribution in [2.75, 3.05) is 62.3 Å². The Labute approximate surface area is 172 Å². The predicted octanol–water partition coefficient (Wildman–Crippen LogP) is 1.44. The number of sulfonamides is 1. The van der Waals surface area contributed by atoms with Crippen LogP contribution in [0.5, 0.6) is 0 Å². The third-order valence-corrected chi connectivity index (χ3v) is 7.57. The number of anilines is 2. The van der Waals surface area contributed by atoms with Crippen molar-refractivity contribution in [3.8, 4) is 0 Å². The first-order valence-corrected chi connectivity index (χ1v) is 11.4. The van der Waals surface area contributed by atoms with Crippen LogP contribution in [0.2, 0.25) is 0 Å². The van der Waals surface area contributed by atoms with Crippen molar-refractivity contribution >= 4 is 21.5 Å². The van der Waals surface area contributed by atoms with Crippen LogP contribution in [0.1, 0.15) is 11.1 Å². The topological polar surface area (TPSA) is 78.9 Å². The minimum atomic E-state index is -3.50. The summed E-state index contributed by atoms with van der Waals surface area (Å²) in [4.78, 5) is 4.75. The highest BCUT2D eigenvalue weighted by molar-refractivity contribution is 7.89. The van der Waals surface area contributed by atoms with Gasteiger partial charge in [-0.3, -0.25) is 0 Å². The molecule has 2 fully saturated rings. The van der Waals surface area contributed by atoms with E-state index in [0.717, 1.165) is 35.7 Å². The van der Waals surface area contributed by atoms with Crippen LogP contribution in [0, 0.1) is 13.8 Å². The zero-order chi connectivity index (χ0) is 20.4. The van der Waals surface area contributed by atoms with Crippen LogP contribution in [-0.2, 0) is 14.8 Å². The molecule has 9 heteroatoms. The Morgan fingerprint density at radius 2 is 1.66 bits per heavy atom. The molecule has 0 N–H and O–H groups in total. The summed E-state index contributed by atoms with van der Waals surface area (Å²) in [5.74, 6) is 0.790. The van der Waals surface area contributed by atoms with Crippen LogP contribution < -0.4 is 9.80 Å². The van der Waals surface area contributed by atoms with Crippen molar-refractivity contribution < 1.29 is 13.2 Å². The van der Waals surface area contributed by atoms with E-state index in [-0.39, 0.29) is 0 Å². The molecule has 29 heavy (non-hydrogen) atoms. The van der Waals surface area contributed by atoms with E-state index in [1.807, 2.05) is 32.0 Å². The van der Waals surface area contributed by atoms with E-state index < -0.39 is 10.0 Å². The maximum atomic E-state index is 13.1. The van der Waals surface area contributed by atoms with E-state index in [1.165, 1.54) is 0 Å². The molecule has 1 aromatic heterocycles. The molecule has 4 rings (SSSR count). The number of hydrogen-bond donors (Lipinski definition) is 0. The lowest BCUT2D eigenvalue weighted by Crippen LogP contribution is -2.49. The SMILES string of the molecule is Cc1ccc(C)c(S(=O)(=O)N2CCN(c3cc(N4CCOCC4)cnn3)CC2)c1. The lowest BCUT2D eigenvalue weighted by Gasteiger charge is -2.35. The standard InChI is InChI=1S/C20H27N5O3S/c1-16-3-4-17(2)19(13-16)29(26,27)25-7-5-24(6-8-25)20-14-18(15-21-22-20)23-9-11-28-12-10-23/h3-4,13-15H,5-12H2,1-2H3. The summed E-state index contributed by atoms with van der Waals surface area (Å²) < 4.78 is 33.2. The molecule has 2 aliphatic rings. The van der Waals surface area contributed by atoms with Gasteiger partial charge < -0.3 is 14.5 Å². The number of ether oxygens (including phenoxy) is 1. The van der Waals surface area contributed by atoms with Gasteiger partial charge in [0.05, 0.1) is 30.0 Å². The van der Waals surface area contributed by atoms with Crippen molar-refractivity contribution in [1.29, 1.82) is 0 Å². The number of benzene rings is 1. The average molecular weight is 418 g/mol. The summed E-state index contributed by atoms with van der Waals surface area (Å²) in [6, 6.07) is 7.60. The number of morpholine rings is 1. The molecular weight excluding hydrogens is 390 g/mol. The normalized spacial score (nSPS) is 18.8. The van der Waals surface area contributed by atoms with Crippen molar-refractivity contribution in [3.63, 3.8) is 0 Å². The molecule has 0 saturated carbocycles. The summed E-state index contributed by atoms with van der Waals surface area (Å²) in [6.07, 6.45) is 1.77. The van der Waals surface area contributed by atoms with Gasteiger partial charge in [0.15, 0.2) is 5.82 Å². The molecule has 3 heterocycles. The number of rotatable bonds is 4. The fourth-order valence-electron chi connectivity index (χ4n) is 3.78. The van der Waals surface area contributed by atoms with Gasteiger partial charge in [-0.15, -0.1) is 5.10 Å². The maximum absolute atomic E-state index is 13.1. The predicted molar refractivity (Wildman–Crippen MR) is 112 cm³/mol. The van der Waals surface area contributed by atoms with E-state index in [9.17, 15) is 8.42 Å². The van der Waals surface area contributed by atoms with Gasteiger partial charge in [0, 0.05) is 45.3 Å². The Morgan fingerprint density at radius 1 is 0.931 bits per heavy atom. The van der Waals surface area contributed by atoms with E-state index in [4.69, 9.17) is 4.74 Å². The van der Waals surface area contributed by atoms with E-state index in [2.05, 4.69) is 20.0 Å². The molecule has 2 saturated heterocycles. The Kier molecular flexibility index (Phi) is 5.71. The minimum Gasteiger partial charge on any atom is -0.378 e. The second-order valence-electron chi connectivity index (χ2n) is 7.53. The van der Waals surface area contributed by atoms with E-state index >= 15 is 0 Å². The number of piperazine rings is 1.